The van der Waals surface area contributed by atoms with Gasteiger partial charge in [0.05, 0.1) is 0 Å². The first-order chi connectivity index (χ1) is 15.5. The number of thioether (sulfide) groups is 1. The second-order valence-corrected chi connectivity index (χ2v) is 9.07. The monoisotopic (exact) mass is 446 g/mol. The van der Waals surface area contributed by atoms with Gasteiger partial charge in [-0.05, 0) is 61.7 Å². The van der Waals surface area contributed by atoms with Gasteiger partial charge in [0.15, 0.2) is 0 Å². The SMILES string of the molecule is CCCCC(=O)Nc1ccc(SC(C(=O)Nc2ccc(C)cc2C)c2ccccc2)cc1. The molecule has 3 aromatic carbocycles. The molecule has 3 aromatic rings. The van der Waals surface area contributed by atoms with E-state index in [0.29, 0.717) is 6.42 Å². The number of aryl methyl sites for hydroxylation is 2. The normalized spacial score (nSPS) is 11.6. The summed E-state index contributed by atoms with van der Waals surface area (Å²) in [6.07, 6.45) is 2.41. The third kappa shape index (κ3) is 6.72. The molecule has 0 radical (unpaired) electrons. The number of rotatable bonds is 9. The van der Waals surface area contributed by atoms with Crippen LogP contribution in [0, 0.1) is 13.8 Å². The van der Waals surface area contributed by atoms with Crippen LogP contribution < -0.4 is 10.6 Å². The Kier molecular flexibility index (Phi) is 8.51. The van der Waals surface area contributed by atoms with E-state index in [-0.39, 0.29) is 11.8 Å². The van der Waals surface area contributed by atoms with Crippen molar-refractivity contribution in [1.82, 2.24) is 0 Å². The van der Waals surface area contributed by atoms with E-state index < -0.39 is 5.25 Å². The van der Waals surface area contributed by atoms with E-state index in [0.717, 1.165) is 45.8 Å². The lowest BCUT2D eigenvalue weighted by Gasteiger charge is -2.18. The average molecular weight is 447 g/mol. The van der Waals surface area contributed by atoms with Crippen LogP contribution in [-0.4, -0.2) is 11.8 Å². The molecule has 5 heteroatoms. The molecule has 2 amide bonds. The molecule has 32 heavy (non-hydrogen) atoms. The Bertz CT molecular complexity index is 1050. The molecule has 0 heterocycles. The zero-order chi connectivity index (χ0) is 22.9. The van der Waals surface area contributed by atoms with Crippen LogP contribution >= 0.6 is 11.8 Å². The van der Waals surface area contributed by atoms with Crippen LogP contribution in [0.4, 0.5) is 11.4 Å². The number of amides is 2. The van der Waals surface area contributed by atoms with Crippen molar-refractivity contribution in [3.8, 4) is 0 Å². The minimum atomic E-state index is -0.401. The van der Waals surface area contributed by atoms with Gasteiger partial charge < -0.3 is 10.6 Å². The Labute approximate surface area is 194 Å². The number of hydrogen-bond donors (Lipinski definition) is 2. The van der Waals surface area contributed by atoms with Crippen LogP contribution in [0.2, 0.25) is 0 Å². The lowest BCUT2D eigenvalue weighted by Crippen LogP contribution is -2.19. The van der Waals surface area contributed by atoms with Crippen molar-refractivity contribution in [3.63, 3.8) is 0 Å². The van der Waals surface area contributed by atoms with Crippen molar-refractivity contribution < 1.29 is 9.59 Å². The Morgan fingerprint density at radius 3 is 2.28 bits per heavy atom. The van der Waals surface area contributed by atoms with Crippen LogP contribution in [0.5, 0.6) is 0 Å². The predicted molar refractivity (Wildman–Crippen MR) is 134 cm³/mol. The van der Waals surface area contributed by atoms with Gasteiger partial charge in [-0.15, -0.1) is 11.8 Å². The van der Waals surface area contributed by atoms with Gasteiger partial charge in [0.25, 0.3) is 0 Å². The molecule has 0 aliphatic rings. The second-order valence-electron chi connectivity index (χ2n) is 7.89. The molecule has 3 rings (SSSR count). The molecule has 0 saturated heterocycles. The van der Waals surface area contributed by atoms with Crippen molar-refractivity contribution in [3.05, 3.63) is 89.5 Å². The topological polar surface area (TPSA) is 58.2 Å². The number of anilines is 2. The molecule has 4 nitrogen and oxygen atoms in total. The van der Waals surface area contributed by atoms with Crippen LogP contribution in [0.25, 0.3) is 0 Å². The van der Waals surface area contributed by atoms with E-state index in [2.05, 4.69) is 23.6 Å². The highest BCUT2D eigenvalue weighted by molar-refractivity contribution is 8.00. The van der Waals surface area contributed by atoms with Crippen molar-refractivity contribution in [1.29, 1.82) is 0 Å². The molecule has 0 saturated carbocycles. The largest absolute Gasteiger partial charge is 0.326 e. The molecular formula is C27H30N2O2S. The highest BCUT2D eigenvalue weighted by atomic mass is 32.2. The molecule has 2 N–H and O–H groups in total. The molecule has 166 valence electrons. The van der Waals surface area contributed by atoms with Gasteiger partial charge in [0.1, 0.15) is 5.25 Å². The zero-order valence-electron chi connectivity index (χ0n) is 18.9. The van der Waals surface area contributed by atoms with Crippen LogP contribution in [-0.2, 0) is 9.59 Å². The van der Waals surface area contributed by atoms with E-state index in [1.54, 1.807) is 0 Å². The van der Waals surface area contributed by atoms with Gasteiger partial charge in [0.2, 0.25) is 11.8 Å². The van der Waals surface area contributed by atoms with Gasteiger partial charge in [-0.3, -0.25) is 9.59 Å². The summed E-state index contributed by atoms with van der Waals surface area (Å²) >= 11 is 1.49. The summed E-state index contributed by atoms with van der Waals surface area (Å²) in [5.41, 5.74) is 4.74. The molecule has 0 bridgehead atoms. The fourth-order valence-electron chi connectivity index (χ4n) is 3.37. The number of carbonyl (C=O) groups excluding carboxylic acids is 2. The molecule has 0 aliphatic heterocycles. The first kappa shape index (κ1) is 23.6. The summed E-state index contributed by atoms with van der Waals surface area (Å²) in [5.74, 6) is -0.0349. The first-order valence-corrected chi connectivity index (χ1v) is 11.8. The summed E-state index contributed by atoms with van der Waals surface area (Å²) in [5, 5.41) is 5.62. The summed E-state index contributed by atoms with van der Waals surface area (Å²) in [6, 6.07) is 23.5. The van der Waals surface area contributed by atoms with E-state index in [9.17, 15) is 9.59 Å². The maximum Gasteiger partial charge on any atom is 0.242 e. The number of nitrogens with one attached hydrogen (secondary N) is 2. The third-order valence-corrected chi connectivity index (χ3v) is 6.40. The third-order valence-electron chi connectivity index (χ3n) is 5.13. The molecule has 1 unspecified atom stereocenters. The molecule has 0 aromatic heterocycles. The van der Waals surface area contributed by atoms with E-state index in [4.69, 9.17) is 0 Å². The van der Waals surface area contributed by atoms with Crippen molar-refractivity contribution in [2.75, 3.05) is 10.6 Å². The molecule has 0 aliphatic carbocycles. The standard InChI is InChI=1S/C27H30N2O2S/c1-4-5-11-25(30)28-22-13-15-23(16-14-22)32-26(21-9-7-6-8-10-21)27(31)29-24-17-12-19(2)18-20(24)3/h6-10,12-18,26H,4-5,11H2,1-3H3,(H,28,30)(H,29,31). The molecule has 0 spiro atoms. The average Bonchev–Trinajstić information content (AvgIpc) is 2.79. The van der Waals surface area contributed by atoms with Gasteiger partial charge in [0, 0.05) is 22.7 Å². The fraction of sp³-hybridized carbons (Fsp3) is 0.259. The van der Waals surface area contributed by atoms with Gasteiger partial charge in [-0.25, -0.2) is 0 Å². The number of unbranched alkanes of at least 4 members (excludes halogenated alkanes) is 1. The minimum Gasteiger partial charge on any atom is -0.326 e. The fourth-order valence-corrected chi connectivity index (χ4v) is 4.39. The van der Waals surface area contributed by atoms with Crippen molar-refractivity contribution in [2.24, 2.45) is 0 Å². The van der Waals surface area contributed by atoms with Crippen molar-refractivity contribution in [2.45, 2.75) is 50.2 Å². The maximum absolute atomic E-state index is 13.3. The van der Waals surface area contributed by atoms with Gasteiger partial charge in [-0.1, -0.05) is 61.4 Å². The number of carbonyl (C=O) groups is 2. The van der Waals surface area contributed by atoms with Crippen molar-refractivity contribution >= 4 is 35.0 Å². The predicted octanol–water partition coefficient (Wildman–Crippen LogP) is 6.90. The highest BCUT2D eigenvalue weighted by Gasteiger charge is 2.22. The van der Waals surface area contributed by atoms with Crippen LogP contribution in [0.1, 0.15) is 48.1 Å². The Morgan fingerprint density at radius 1 is 0.906 bits per heavy atom. The second kappa shape index (κ2) is 11.5. The zero-order valence-corrected chi connectivity index (χ0v) is 19.7. The first-order valence-electron chi connectivity index (χ1n) is 11.0. The van der Waals surface area contributed by atoms with E-state index in [1.807, 2.05) is 80.6 Å². The summed E-state index contributed by atoms with van der Waals surface area (Å²) in [4.78, 5) is 26.2. The summed E-state index contributed by atoms with van der Waals surface area (Å²) < 4.78 is 0. The van der Waals surface area contributed by atoms with E-state index in [1.165, 1.54) is 11.8 Å². The smallest absolute Gasteiger partial charge is 0.242 e. The van der Waals surface area contributed by atoms with Gasteiger partial charge in [-0.2, -0.15) is 0 Å². The highest BCUT2D eigenvalue weighted by Crippen LogP contribution is 2.37. The molecular weight excluding hydrogens is 416 g/mol. The summed E-state index contributed by atoms with van der Waals surface area (Å²) in [7, 11) is 0. The Balaban J connectivity index is 1.75. The number of benzene rings is 3. The Morgan fingerprint density at radius 2 is 1.62 bits per heavy atom. The Hall–Kier alpha value is -3.05. The molecule has 1 atom stereocenters. The van der Waals surface area contributed by atoms with E-state index >= 15 is 0 Å². The van der Waals surface area contributed by atoms with Crippen LogP contribution in [0.15, 0.2) is 77.7 Å². The quantitative estimate of drug-likeness (QED) is 0.351. The van der Waals surface area contributed by atoms with Gasteiger partial charge >= 0.3 is 0 Å². The minimum absolute atomic E-state index is 0.0299. The summed E-state index contributed by atoms with van der Waals surface area (Å²) in [6.45, 7) is 6.11. The lowest BCUT2D eigenvalue weighted by atomic mass is 10.1. The molecule has 0 fully saturated rings. The lowest BCUT2D eigenvalue weighted by molar-refractivity contribution is -0.116. The van der Waals surface area contributed by atoms with Crippen LogP contribution in [0.3, 0.4) is 0 Å². The maximum atomic E-state index is 13.3. The number of hydrogen-bond acceptors (Lipinski definition) is 3.